The van der Waals surface area contributed by atoms with Gasteiger partial charge in [-0.3, -0.25) is 5.10 Å². The molecule has 0 atom stereocenters. The molecular weight excluding hydrogens is 301 g/mol. The second-order valence-corrected chi connectivity index (χ2v) is 4.73. The van der Waals surface area contributed by atoms with Gasteiger partial charge in [0.2, 0.25) is 5.95 Å². The van der Waals surface area contributed by atoms with Gasteiger partial charge in [0.25, 0.3) is 0 Å². The number of hydrogen-bond donors (Lipinski definition) is 2. The number of carbonyl (C=O) groups is 1. The van der Waals surface area contributed by atoms with Crippen LogP contribution in [-0.2, 0) is 0 Å². The Balaban J connectivity index is 2.09. The second-order valence-electron chi connectivity index (χ2n) is 4.73. The van der Waals surface area contributed by atoms with Crippen LogP contribution >= 0.6 is 0 Å². The van der Waals surface area contributed by atoms with E-state index in [0.29, 0.717) is 22.2 Å². The van der Waals surface area contributed by atoms with Crippen LogP contribution < -0.4 is 4.74 Å². The number of ether oxygens (including phenoxy) is 1. The Kier molecular flexibility index (Phi) is 3.76. The maximum absolute atomic E-state index is 12.8. The van der Waals surface area contributed by atoms with Crippen LogP contribution in [0.1, 0.15) is 21.6 Å². The summed E-state index contributed by atoms with van der Waals surface area (Å²) in [4.78, 5) is 14.9. The number of aromatic amines is 1. The number of fused-ring (bicyclic) bond motifs is 1. The first-order valence-corrected chi connectivity index (χ1v) is 6.68. The van der Waals surface area contributed by atoms with Gasteiger partial charge in [-0.25, -0.2) is 9.78 Å². The van der Waals surface area contributed by atoms with Gasteiger partial charge >= 0.3 is 5.97 Å². The summed E-state index contributed by atoms with van der Waals surface area (Å²) < 4.78 is 18.1. The highest BCUT2D eigenvalue weighted by Gasteiger charge is 2.17. The fourth-order valence-corrected chi connectivity index (χ4v) is 2.27. The summed E-state index contributed by atoms with van der Waals surface area (Å²) in [6, 6.07) is 5.89. The molecule has 6 nitrogen and oxygen atoms in total. The Bertz CT molecular complexity index is 901. The number of halogens is 1. The molecule has 0 radical (unpaired) electrons. The summed E-state index contributed by atoms with van der Waals surface area (Å²) in [5, 5.41) is 16.8. The highest BCUT2D eigenvalue weighted by Crippen LogP contribution is 2.32. The van der Waals surface area contributed by atoms with E-state index in [1.165, 1.54) is 25.4 Å². The molecule has 1 aromatic carbocycles. The van der Waals surface area contributed by atoms with Gasteiger partial charge in [-0.1, -0.05) is 6.08 Å². The lowest BCUT2D eigenvalue weighted by Crippen LogP contribution is -2.00. The third kappa shape index (κ3) is 2.76. The average Bonchev–Trinajstić information content (AvgIpc) is 2.96. The third-order valence-electron chi connectivity index (χ3n) is 3.33. The SMILES string of the molecule is COc1c(C(=O)O)ccc2n[nH]c(/C=C/c3ccc(F)nc3)c12. The Morgan fingerprint density at radius 1 is 1.30 bits per heavy atom. The number of pyridine rings is 1. The minimum Gasteiger partial charge on any atom is -0.495 e. The third-order valence-corrected chi connectivity index (χ3v) is 3.33. The van der Waals surface area contributed by atoms with Gasteiger partial charge in [0.15, 0.2) is 0 Å². The molecule has 0 aliphatic heterocycles. The van der Waals surface area contributed by atoms with Crippen molar-refractivity contribution >= 4 is 29.0 Å². The highest BCUT2D eigenvalue weighted by atomic mass is 19.1. The summed E-state index contributed by atoms with van der Waals surface area (Å²) >= 11 is 0. The van der Waals surface area contributed by atoms with E-state index < -0.39 is 11.9 Å². The van der Waals surface area contributed by atoms with Crippen molar-refractivity contribution in [3.8, 4) is 5.75 Å². The number of nitrogens with zero attached hydrogens (tertiary/aromatic N) is 2. The largest absolute Gasteiger partial charge is 0.495 e. The molecule has 0 bridgehead atoms. The molecule has 116 valence electrons. The van der Waals surface area contributed by atoms with E-state index in [9.17, 15) is 14.3 Å². The Labute approximate surface area is 130 Å². The Morgan fingerprint density at radius 3 is 2.78 bits per heavy atom. The van der Waals surface area contributed by atoms with Crippen molar-refractivity contribution in [1.29, 1.82) is 0 Å². The summed E-state index contributed by atoms with van der Waals surface area (Å²) in [5.74, 6) is -1.40. The second kappa shape index (κ2) is 5.88. The van der Waals surface area contributed by atoms with Crippen molar-refractivity contribution < 1.29 is 19.0 Å². The number of aromatic carboxylic acids is 1. The molecule has 2 heterocycles. The average molecular weight is 313 g/mol. The standard InChI is InChI=1S/C16H12FN3O3/c1-23-15-10(16(21)22)4-6-12-14(15)11(19-20-12)5-2-9-3-7-13(17)18-8-9/h2-8H,1H3,(H,19,20)(H,21,22)/b5-2+. The number of methoxy groups -OCH3 is 1. The number of aromatic nitrogens is 3. The van der Waals surface area contributed by atoms with Gasteiger partial charge < -0.3 is 9.84 Å². The first kappa shape index (κ1) is 14.7. The predicted octanol–water partition coefficient (Wildman–Crippen LogP) is 2.97. The van der Waals surface area contributed by atoms with E-state index in [0.717, 1.165) is 0 Å². The van der Waals surface area contributed by atoms with Gasteiger partial charge in [-0.2, -0.15) is 9.49 Å². The molecule has 0 unspecified atom stereocenters. The van der Waals surface area contributed by atoms with E-state index in [-0.39, 0.29) is 11.3 Å². The van der Waals surface area contributed by atoms with Crippen molar-refractivity contribution in [2.75, 3.05) is 7.11 Å². The van der Waals surface area contributed by atoms with Crippen LogP contribution in [0.5, 0.6) is 5.75 Å². The molecule has 3 rings (SSSR count). The first-order valence-electron chi connectivity index (χ1n) is 6.68. The molecule has 0 aliphatic carbocycles. The van der Waals surface area contributed by atoms with Crippen LogP contribution in [0, 0.1) is 5.95 Å². The van der Waals surface area contributed by atoms with Crippen LogP contribution in [0.2, 0.25) is 0 Å². The lowest BCUT2D eigenvalue weighted by atomic mass is 10.1. The number of carboxylic acids is 1. The van der Waals surface area contributed by atoms with Crippen LogP contribution in [0.25, 0.3) is 23.1 Å². The van der Waals surface area contributed by atoms with Crippen molar-refractivity contribution in [1.82, 2.24) is 15.2 Å². The van der Waals surface area contributed by atoms with Crippen LogP contribution in [-0.4, -0.2) is 33.4 Å². The zero-order chi connectivity index (χ0) is 16.4. The Hall–Kier alpha value is -3.22. The molecule has 0 aliphatic rings. The molecule has 0 saturated carbocycles. The Morgan fingerprint density at radius 2 is 2.13 bits per heavy atom. The number of H-pyrrole nitrogens is 1. The minimum absolute atomic E-state index is 0.0551. The molecule has 0 amide bonds. The molecule has 2 aromatic heterocycles. The maximum atomic E-state index is 12.8. The normalized spacial score (nSPS) is 11.2. The molecule has 0 saturated heterocycles. The monoisotopic (exact) mass is 313 g/mol. The van der Waals surface area contributed by atoms with Crippen LogP contribution in [0.15, 0.2) is 30.5 Å². The van der Waals surface area contributed by atoms with Crippen molar-refractivity contribution in [3.63, 3.8) is 0 Å². The lowest BCUT2D eigenvalue weighted by molar-refractivity contribution is 0.0693. The minimum atomic E-state index is -1.08. The topological polar surface area (TPSA) is 88.1 Å². The molecule has 23 heavy (non-hydrogen) atoms. The molecule has 2 N–H and O–H groups in total. The number of benzene rings is 1. The zero-order valence-electron chi connectivity index (χ0n) is 12.1. The molecular formula is C16H12FN3O3. The number of hydrogen-bond acceptors (Lipinski definition) is 4. The first-order chi connectivity index (χ1) is 11.1. The van der Waals surface area contributed by atoms with Gasteiger partial charge in [0.1, 0.15) is 11.3 Å². The van der Waals surface area contributed by atoms with E-state index in [1.54, 1.807) is 24.3 Å². The number of nitrogens with one attached hydrogen (secondary N) is 1. The van der Waals surface area contributed by atoms with Gasteiger partial charge in [0, 0.05) is 6.20 Å². The van der Waals surface area contributed by atoms with Crippen molar-refractivity contribution in [2.45, 2.75) is 0 Å². The summed E-state index contributed by atoms with van der Waals surface area (Å²) in [7, 11) is 1.41. The van der Waals surface area contributed by atoms with Crippen LogP contribution in [0.3, 0.4) is 0 Å². The summed E-state index contributed by atoms with van der Waals surface area (Å²) in [5.41, 5.74) is 1.93. The van der Waals surface area contributed by atoms with E-state index >= 15 is 0 Å². The van der Waals surface area contributed by atoms with Gasteiger partial charge in [-0.15, -0.1) is 0 Å². The lowest BCUT2D eigenvalue weighted by Gasteiger charge is -2.06. The summed E-state index contributed by atoms with van der Waals surface area (Å²) in [6.07, 6.45) is 4.81. The van der Waals surface area contributed by atoms with Crippen molar-refractivity contribution in [3.05, 3.63) is 53.2 Å². The smallest absolute Gasteiger partial charge is 0.339 e. The molecule has 0 fully saturated rings. The molecule has 7 heteroatoms. The zero-order valence-corrected chi connectivity index (χ0v) is 12.1. The summed E-state index contributed by atoms with van der Waals surface area (Å²) in [6.45, 7) is 0. The maximum Gasteiger partial charge on any atom is 0.339 e. The van der Waals surface area contributed by atoms with E-state index in [4.69, 9.17) is 4.74 Å². The van der Waals surface area contributed by atoms with E-state index in [2.05, 4.69) is 15.2 Å². The number of carboxylic acid groups (broad SMARTS) is 1. The van der Waals surface area contributed by atoms with E-state index in [1.807, 2.05) is 0 Å². The molecule has 0 spiro atoms. The van der Waals surface area contributed by atoms with Crippen LogP contribution in [0.4, 0.5) is 4.39 Å². The number of rotatable bonds is 4. The fraction of sp³-hybridized carbons (Fsp3) is 0.0625. The fourth-order valence-electron chi connectivity index (χ4n) is 2.27. The predicted molar refractivity (Wildman–Crippen MR) is 82.7 cm³/mol. The van der Waals surface area contributed by atoms with Gasteiger partial charge in [-0.05, 0) is 35.9 Å². The quantitative estimate of drug-likeness (QED) is 0.723. The van der Waals surface area contributed by atoms with Gasteiger partial charge in [0.05, 0.1) is 23.7 Å². The highest BCUT2D eigenvalue weighted by molar-refractivity contribution is 6.02. The molecule has 3 aromatic rings. The van der Waals surface area contributed by atoms with Crippen molar-refractivity contribution in [2.24, 2.45) is 0 Å².